The van der Waals surface area contributed by atoms with Gasteiger partial charge in [-0.15, -0.1) is 0 Å². The van der Waals surface area contributed by atoms with Crippen molar-refractivity contribution in [1.82, 2.24) is 24.7 Å². The fraction of sp³-hybridized carbons (Fsp3) is 0.346. The molecule has 0 bridgehead atoms. The molecule has 176 valence electrons. The molecule has 4 heterocycles. The lowest BCUT2D eigenvalue weighted by atomic mass is 9.92. The summed E-state index contributed by atoms with van der Waals surface area (Å²) < 4.78 is 36.5. The van der Waals surface area contributed by atoms with Crippen LogP contribution in [0.1, 0.15) is 66.4 Å². The van der Waals surface area contributed by atoms with Gasteiger partial charge in [-0.3, -0.25) is 4.68 Å². The van der Waals surface area contributed by atoms with Crippen molar-refractivity contribution in [3.63, 3.8) is 0 Å². The van der Waals surface area contributed by atoms with Gasteiger partial charge in [-0.2, -0.15) is 10.4 Å². The minimum Gasteiger partial charge on any atom is -0.373 e. The lowest BCUT2D eigenvalue weighted by Crippen LogP contribution is -2.20. The van der Waals surface area contributed by atoms with E-state index in [4.69, 9.17) is 14.7 Å². The second-order valence-corrected chi connectivity index (χ2v) is 9.22. The van der Waals surface area contributed by atoms with Crippen LogP contribution < -0.4 is 0 Å². The first-order valence-corrected chi connectivity index (χ1v) is 11.7. The largest absolute Gasteiger partial charge is 0.373 e. The van der Waals surface area contributed by atoms with Crippen molar-refractivity contribution in [1.29, 1.82) is 5.26 Å². The van der Waals surface area contributed by atoms with Gasteiger partial charge in [0.15, 0.2) is 5.65 Å². The van der Waals surface area contributed by atoms with Crippen LogP contribution in [0.5, 0.6) is 0 Å². The number of benzene rings is 1. The van der Waals surface area contributed by atoms with Gasteiger partial charge in [0.1, 0.15) is 23.5 Å². The predicted octanol–water partition coefficient (Wildman–Crippen LogP) is 5.32. The van der Waals surface area contributed by atoms with Crippen LogP contribution in [0.15, 0.2) is 36.7 Å². The normalized spacial score (nSPS) is 20.2. The lowest BCUT2D eigenvalue weighted by Gasteiger charge is -2.28. The number of nitrogens with zero attached hydrogens (tertiary/aromatic N) is 6. The first kappa shape index (κ1) is 21.7. The van der Waals surface area contributed by atoms with Crippen molar-refractivity contribution in [2.45, 2.75) is 50.7 Å². The maximum absolute atomic E-state index is 14.8. The zero-order valence-electron chi connectivity index (χ0n) is 19.1. The summed E-state index contributed by atoms with van der Waals surface area (Å²) in [6.07, 6.45) is 7.45. The quantitative estimate of drug-likeness (QED) is 0.400. The number of fused-ring (bicyclic) bond motifs is 1. The van der Waals surface area contributed by atoms with E-state index in [0.29, 0.717) is 59.3 Å². The predicted molar refractivity (Wildman–Crippen MR) is 123 cm³/mol. The average Bonchev–Trinajstić information content (AvgIpc) is 3.59. The lowest BCUT2D eigenvalue weighted by molar-refractivity contribution is 0.00396. The Hall–Kier alpha value is -3.77. The Morgan fingerprint density at radius 2 is 1.97 bits per heavy atom. The molecule has 0 radical (unpaired) electrons. The molecular weight excluding hydrogens is 450 g/mol. The summed E-state index contributed by atoms with van der Waals surface area (Å²) in [5.74, 6) is -0.902. The van der Waals surface area contributed by atoms with E-state index in [1.165, 1.54) is 12.1 Å². The Kier molecular flexibility index (Phi) is 5.26. The molecule has 1 aliphatic carbocycles. The summed E-state index contributed by atoms with van der Waals surface area (Å²) in [4.78, 5) is 14.0. The van der Waals surface area contributed by atoms with E-state index >= 15 is 0 Å². The number of hydrogen-bond acceptors (Lipinski definition) is 6. The molecule has 3 aromatic heterocycles. The molecule has 1 aromatic carbocycles. The number of hydrogen-bond donors (Lipinski definition) is 0. The van der Waals surface area contributed by atoms with Crippen LogP contribution in [0.2, 0.25) is 0 Å². The molecule has 0 spiro atoms. The molecule has 2 atom stereocenters. The van der Waals surface area contributed by atoms with Crippen molar-refractivity contribution in [2.75, 3.05) is 6.61 Å². The molecule has 6 rings (SSSR count). The first-order valence-electron chi connectivity index (χ1n) is 11.7. The maximum atomic E-state index is 14.8. The summed E-state index contributed by atoms with van der Waals surface area (Å²) in [5.41, 5.74) is 2.75. The maximum Gasteiger partial charge on any atom is 0.163 e. The molecule has 1 saturated carbocycles. The van der Waals surface area contributed by atoms with E-state index < -0.39 is 11.6 Å². The van der Waals surface area contributed by atoms with Crippen LogP contribution in [0.25, 0.3) is 22.3 Å². The fourth-order valence-electron chi connectivity index (χ4n) is 4.66. The molecule has 2 fully saturated rings. The number of aromatic nitrogens is 5. The summed E-state index contributed by atoms with van der Waals surface area (Å²) in [7, 11) is 0. The first-order chi connectivity index (χ1) is 17.0. The van der Waals surface area contributed by atoms with Gasteiger partial charge in [0.05, 0.1) is 35.3 Å². The van der Waals surface area contributed by atoms with Gasteiger partial charge >= 0.3 is 0 Å². The van der Waals surface area contributed by atoms with E-state index in [1.807, 2.05) is 10.9 Å². The van der Waals surface area contributed by atoms with Crippen LogP contribution in [-0.4, -0.2) is 31.3 Å². The number of pyridine rings is 1. The van der Waals surface area contributed by atoms with Crippen LogP contribution >= 0.6 is 0 Å². The van der Waals surface area contributed by atoms with Gasteiger partial charge in [0, 0.05) is 41.3 Å². The third kappa shape index (κ3) is 4.04. The highest BCUT2D eigenvalue weighted by Crippen LogP contribution is 2.40. The van der Waals surface area contributed by atoms with Gasteiger partial charge in [-0.05, 0) is 50.8 Å². The highest BCUT2D eigenvalue weighted by Gasteiger charge is 2.31. The van der Waals surface area contributed by atoms with Crippen molar-refractivity contribution in [2.24, 2.45) is 0 Å². The Bertz CT molecular complexity index is 1490. The molecule has 4 aromatic rings. The molecule has 2 unspecified atom stereocenters. The zero-order chi connectivity index (χ0) is 24.1. The van der Waals surface area contributed by atoms with E-state index in [2.05, 4.69) is 22.3 Å². The number of halogens is 2. The molecule has 9 heteroatoms. The number of nitriles is 1. The highest BCUT2D eigenvalue weighted by molar-refractivity contribution is 5.91. The van der Waals surface area contributed by atoms with Crippen LogP contribution in [0.4, 0.5) is 8.78 Å². The Labute approximate surface area is 200 Å². The smallest absolute Gasteiger partial charge is 0.163 e. The minimum absolute atomic E-state index is 0.0394. The summed E-state index contributed by atoms with van der Waals surface area (Å²) in [6, 6.07) is 7.62. The van der Waals surface area contributed by atoms with Gasteiger partial charge in [0.25, 0.3) is 0 Å². The third-order valence-corrected chi connectivity index (χ3v) is 6.76. The van der Waals surface area contributed by atoms with E-state index in [0.717, 1.165) is 24.5 Å². The fourth-order valence-corrected chi connectivity index (χ4v) is 4.66. The summed E-state index contributed by atoms with van der Waals surface area (Å²) in [5, 5.41) is 14.4. The Morgan fingerprint density at radius 3 is 2.74 bits per heavy atom. The zero-order valence-corrected chi connectivity index (χ0v) is 19.1. The van der Waals surface area contributed by atoms with Crippen molar-refractivity contribution in [3.8, 4) is 17.3 Å². The summed E-state index contributed by atoms with van der Waals surface area (Å²) >= 11 is 0. The SMILES string of the molecule is Cc1nc2nc(C3CCOC(c4cnn(C5CC5)c4)C3)nc(-c3ccc(F)cc3F)c2cc1C#N. The topological polar surface area (TPSA) is 89.5 Å². The molecular formula is C26H22F2N6O. The van der Waals surface area contributed by atoms with E-state index in [9.17, 15) is 14.0 Å². The number of ether oxygens (including phenoxy) is 1. The Balaban J connectivity index is 1.43. The molecule has 0 amide bonds. The minimum atomic E-state index is -0.729. The summed E-state index contributed by atoms with van der Waals surface area (Å²) in [6.45, 7) is 2.27. The number of rotatable bonds is 4. The van der Waals surface area contributed by atoms with Gasteiger partial charge in [-0.25, -0.2) is 23.7 Å². The second kappa shape index (κ2) is 8.47. The van der Waals surface area contributed by atoms with Crippen molar-refractivity contribution in [3.05, 3.63) is 70.9 Å². The van der Waals surface area contributed by atoms with Crippen LogP contribution in [0.3, 0.4) is 0 Å². The Morgan fingerprint density at radius 1 is 1.11 bits per heavy atom. The molecule has 35 heavy (non-hydrogen) atoms. The standard InChI is InChI=1S/C26H22F2N6O/c1-14-16(11-29)8-21-24(20-5-2-18(27)10-22(20)28)32-25(33-26(21)31-14)15-6-7-35-23(9-15)17-12-30-34(13-17)19-3-4-19/h2,5,8,10,12-13,15,19,23H,3-4,6-7,9H2,1H3. The van der Waals surface area contributed by atoms with E-state index in [-0.39, 0.29) is 17.6 Å². The van der Waals surface area contributed by atoms with Gasteiger partial charge < -0.3 is 4.74 Å². The molecule has 1 saturated heterocycles. The molecule has 7 nitrogen and oxygen atoms in total. The molecule has 2 aliphatic rings. The monoisotopic (exact) mass is 472 g/mol. The van der Waals surface area contributed by atoms with Gasteiger partial charge in [0.2, 0.25) is 0 Å². The molecule has 1 aliphatic heterocycles. The van der Waals surface area contributed by atoms with Gasteiger partial charge in [-0.1, -0.05) is 0 Å². The number of aryl methyl sites for hydroxylation is 1. The second-order valence-electron chi connectivity index (χ2n) is 9.22. The van der Waals surface area contributed by atoms with Crippen molar-refractivity contribution < 1.29 is 13.5 Å². The van der Waals surface area contributed by atoms with Crippen molar-refractivity contribution >= 4 is 11.0 Å². The third-order valence-electron chi connectivity index (χ3n) is 6.76. The van der Waals surface area contributed by atoms with Crippen LogP contribution in [0, 0.1) is 29.9 Å². The van der Waals surface area contributed by atoms with Crippen LogP contribution in [-0.2, 0) is 4.74 Å². The van der Waals surface area contributed by atoms with E-state index in [1.54, 1.807) is 13.0 Å². The molecule has 0 N–H and O–H groups in total. The average molecular weight is 472 g/mol. The highest BCUT2D eigenvalue weighted by atomic mass is 19.1.